The third-order valence-electron chi connectivity index (χ3n) is 4.61. The molecule has 0 N–H and O–H groups in total. The zero-order valence-corrected chi connectivity index (χ0v) is 11.4. The van der Waals surface area contributed by atoms with Crippen molar-refractivity contribution in [3.8, 4) is 0 Å². The molecule has 1 aromatic carbocycles. The Kier molecular flexibility index (Phi) is 3.16. The molecule has 0 amide bonds. The Bertz CT molecular complexity index is 459. The summed E-state index contributed by atoms with van der Waals surface area (Å²) in [5, 5.41) is 0.591. The van der Waals surface area contributed by atoms with E-state index in [-0.39, 0.29) is 11.7 Å². The Balaban J connectivity index is 1.81. The van der Waals surface area contributed by atoms with E-state index in [0.29, 0.717) is 22.7 Å². The van der Waals surface area contributed by atoms with E-state index in [1.165, 1.54) is 12.8 Å². The van der Waals surface area contributed by atoms with Gasteiger partial charge in [0, 0.05) is 23.6 Å². The van der Waals surface area contributed by atoms with Crippen molar-refractivity contribution < 1.29 is 4.79 Å². The Morgan fingerprint density at radius 3 is 2.44 bits per heavy atom. The number of carbonyl (C=O) groups excluding carboxylic acids is 1. The van der Waals surface area contributed by atoms with Crippen LogP contribution in [-0.4, -0.2) is 29.8 Å². The molecule has 2 nitrogen and oxygen atoms in total. The highest BCUT2D eigenvalue weighted by molar-refractivity contribution is 6.34. The minimum atomic E-state index is 0.165. The highest BCUT2D eigenvalue weighted by Gasteiger charge is 2.41. The predicted octanol–water partition coefficient (Wildman–Crippen LogP) is 3.40. The number of hydrogen-bond acceptors (Lipinski definition) is 2. The van der Waals surface area contributed by atoms with Crippen LogP contribution in [-0.2, 0) is 0 Å². The van der Waals surface area contributed by atoms with E-state index in [0.717, 1.165) is 12.8 Å². The molecule has 0 aromatic heterocycles. The molecule has 2 heterocycles. The Labute approximate surface area is 113 Å². The molecule has 96 valence electrons. The lowest BCUT2D eigenvalue weighted by Gasteiger charge is -2.35. The summed E-state index contributed by atoms with van der Waals surface area (Å²) in [5.74, 6) is 0.407. The molecule has 2 saturated heterocycles. The molecule has 2 aliphatic rings. The fraction of sp³-hybridized carbons (Fsp3) is 0.533. The zero-order chi connectivity index (χ0) is 12.7. The maximum absolute atomic E-state index is 12.5. The fourth-order valence-electron chi connectivity index (χ4n) is 3.51. The first-order valence-electron chi connectivity index (χ1n) is 6.67. The Morgan fingerprint density at radius 1 is 1.22 bits per heavy atom. The number of fused-ring (bicyclic) bond motifs is 2. The molecule has 2 atom stereocenters. The van der Waals surface area contributed by atoms with E-state index < -0.39 is 0 Å². The molecule has 18 heavy (non-hydrogen) atoms. The van der Waals surface area contributed by atoms with Crippen LogP contribution >= 0.6 is 11.6 Å². The molecular formula is C15H18ClNO. The molecule has 3 heteroatoms. The van der Waals surface area contributed by atoms with Crippen molar-refractivity contribution in [1.29, 1.82) is 0 Å². The predicted molar refractivity (Wildman–Crippen MR) is 73.1 cm³/mol. The number of hydrogen-bond donors (Lipinski definition) is 0. The van der Waals surface area contributed by atoms with Gasteiger partial charge in [-0.05, 0) is 44.9 Å². The topological polar surface area (TPSA) is 20.3 Å². The zero-order valence-electron chi connectivity index (χ0n) is 10.6. The van der Waals surface area contributed by atoms with Crippen molar-refractivity contribution in [2.75, 3.05) is 7.05 Å². The smallest absolute Gasteiger partial charge is 0.167 e. The van der Waals surface area contributed by atoms with Gasteiger partial charge in [0.1, 0.15) is 0 Å². The quantitative estimate of drug-likeness (QED) is 0.763. The van der Waals surface area contributed by atoms with Crippen molar-refractivity contribution in [3.05, 3.63) is 34.9 Å². The Morgan fingerprint density at radius 2 is 1.83 bits per heavy atom. The largest absolute Gasteiger partial charge is 0.300 e. The number of carbonyl (C=O) groups is 1. The molecule has 2 fully saturated rings. The van der Waals surface area contributed by atoms with Gasteiger partial charge in [0.2, 0.25) is 0 Å². The lowest BCUT2D eigenvalue weighted by Crippen LogP contribution is -2.42. The van der Waals surface area contributed by atoms with E-state index in [1.54, 1.807) is 6.07 Å². The summed E-state index contributed by atoms with van der Waals surface area (Å²) in [6, 6.07) is 8.61. The molecule has 2 unspecified atom stereocenters. The monoisotopic (exact) mass is 263 g/mol. The van der Waals surface area contributed by atoms with Gasteiger partial charge in [-0.25, -0.2) is 0 Å². The van der Waals surface area contributed by atoms with Gasteiger partial charge in [-0.2, -0.15) is 0 Å². The van der Waals surface area contributed by atoms with E-state index in [9.17, 15) is 4.79 Å². The number of rotatable bonds is 2. The van der Waals surface area contributed by atoms with E-state index >= 15 is 0 Å². The molecule has 0 radical (unpaired) electrons. The molecular weight excluding hydrogens is 246 g/mol. The molecule has 0 spiro atoms. The maximum Gasteiger partial charge on any atom is 0.167 e. The number of piperidine rings is 1. The van der Waals surface area contributed by atoms with E-state index in [4.69, 9.17) is 11.6 Å². The second-order valence-corrected chi connectivity index (χ2v) is 5.97. The maximum atomic E-state index is 12.5. The highest BCUT2D eigenvalue weighted by atomic mass is 35.5. The molecule has 2 aliphatic heterocycles. The van der Waals surface area contributed by atoms with Crippen molar-refractivity contribution >= 4 is 17.4 Å². The fourth-order valence-corrected chi connectivity index (χ4v) is 3.74. The van der Waals surface area contributed by atoms with Crippen molar-refractivity contribution in [3.63, 3.8) is 0 Å². The summed E-state index contributed by atoms with van der Waals surface area (Å²) < 4.78 is 0. The second-order valence-electron chi connectivity index (χ2n) is 5.56. The van der Waals surface area contributed by atoms with Gasteiger partial charge in [-0.3, -0.25) is 4.79 Å². The lowest BCUT2D eigenvalue weighted by atomic mass is 9.85. The van der Waals surface area contributed by atoms with Gasteiger partial charge >= 0.3 is 0 Å². The van der Waals surface area contributed by atoms with E-state index in [1.807, 2.05) is 18.2 Å². The number of benzene rings is 1. The second kappa shape index (κ2) is 4.67. The first-order chi connectivity index (χ1) is 8.66. The number of Topliss-reactive ketones (excluding diaryl/α,β-unsaturated/α-hetero) is 1. The first-order valence-corrected chi connectivity index (χ1v) is 7.05. The number of ketones is 1. The third kappa shape index (κ3) is 1.98. The summed E-state index contributed by atoms with van der Waals surface area (Å²) in [4.78, 5) is 15.0. The summed E-state index contributed by atoms with van der Waals surface area (Å²) in [6.45, 7) is 0. The molecule has 2 bridgehead atoms. The van der Waals surface area contributed by atoms with Gasteiger partial charge in [0.25, 0.3) is 0 Å². The number of halogens is 1. The van der Waals surface area contributed by atoms with Crippen LogP contribution in [0, 0.1) is 5.92 Å². The first kappa shape index (κ1) is 12.2. The van der Waals surface area contributed by atoms with Crippen LogP contribution in [0.2, 0.25) is 5.02 Å². The summed E-state index contributed by atoms with van der Waals surface area (Å²) in [7, 11) is 2.19. The van der Waals surface area contributed by atoms with Crippen LogP contribution < -0.4 is 0 Å². The van der Waals surface area contributed by atoms with Gasteiger partial charge in [0.05, 0.1) is 5.02 Å². The van der Waals surface area contributed by atoms with E-state index in [2.05, 4.69) is 11.9 Å². The molecule has 3 rings (SSSR count). The van der Waals surface area contributed by atoms with Gasteiger partial charge in [-0.1, -0.05) is 23.7 Å². The standard InChI is InChI=1S/C15H18ClNO/c1-17-11-6-7-12(17)9-10(8-11)15(18)13-4-2-3-5-14(13)16/h2-5,10-12H,6-9H2,1H3. The SMILES string of the molecule is CN1C2CCC1CC(C(=O)c1ccccc1Cl)C2. The Hall–Kier alpha value is -0.860. The van der Waals surface area contributed by atoms with Crippen molar-refractivity contribution in [2.45, 2.75) is 37.8 Å². The summed E-state index contributed by atoms with van der Waals surface area (Å²) >= 11 is 6.12. The average molecular weight is 264 g/mol. The third-order valence-corrected chi connectivity index (χ3v) is 4.94. The minimum absolute atomic E-state index is 0.165. The minimum Gasteiger partial charge on any atom is -0.300 e. The van der Waals surface area contributed by atoms with Gasteiger partial charge in [0.15, 0.2) is 5.78 Å². The van der Waals surface area contributed by atoms with Crippen LogP contribution in [0.1, 0.15) is 36.0 Å². The molecule has 0 saturated carbocycles. The summed E-state index contributed by atoms with van der Waals surface area (Å²) in [5.41, 5.74) is 0.702. The summed E-state index contributed by atoms with van der Waals surface area (Å²) in [6.07, 6.45) is 4.48. The molecule has 0 aliphatic carbocycles. The highest BCUT2D eigenvalue weighted by Crippen LogP contribution is 2.39. The average Bonchev–Trinajstić information content (AvgIpc) is 2.61. The van der Waals surface area contributed by atoms with Crippen LogP contribution in [0.25, 0.3) is 0 Å². The van der Waals surface area contributed by atoms with Crippen LogP contribution in [0.3, 0.4) is 0 Å². The van der Waals surface area contributed by atoms with Gasteiger partial charge < -0.3 is 4.90 Å². The van der Waals surface area contributed by atoms with Gasteiger partial charge in [-0.15, -0.1) is 0 Å². The normalized spacial score (nSPS) is 31.6. The van der Waals surface area contributed by atoms with Crippen LogP contribution in [0.4, 0.5) is 0 Å². The van der Waals surface area contributed by atoms with Crippen LogP contribution in [0.5, 0.6) is 0 Å². The van der Waals surface area contributed by atoms with Crippen LogP contribution in [0.15, 0.2) is 24.3 Å². The van der Waals surface area contributed by atoms with Crippen molar-refractivity contribution in [2.24, 2.45) is 5.92 Å². The van der Waals surface area contributed by atoms with Crippen molar-refractivity contribution in [1.82, 2.24) is 4.90 Å². The lowest BCUT2D eigenvalue weighted by molar-refractivity contribution is 0.0767. The molecule has 1 aromatic rings. The number of nitrogens with zero attached hydrogens (tertiary/aromatic N) is 1.